The number of thiophene rings is 2. The SMILES string of the molecule is N#Cc1cccc(-c2cc(-c3cccc(-c4ccccc4)n3)cc(-n3c4ccccc4c4cc(-n5c6ccccc6c6ccccc65)ccc43)c2)c1.N#Cc1cccc(-c2cc(-c3cccc(-c4ccccc4)n3)cc(-n3c4ccccc4c4cc5sc6ccccc6c5cc43)c2)c1.N#Cc1cccc(-c2cc(-c3cccc(-c4ccccc4)n3)cc(-n3c4ccccc4c4ccc5c6ccccc6sc5c43)c2)c1. The van der Waals surface area contributed by atoms with Crippen LogP contribution in [0.5, 0.6) is 0 Å². The van der Waals surface area contributed by atoms with Gasteiger partial charge < -0.3 is 18.3 Å². The largest absolute Gasteiger partial charge is 0.309 e. The van der Waals surface area contributed by atoms with Crippen LogP contribution in [0.3, 0.4) is 0 Å². The van der Waals surface area contributed by atoms with Gasteiger partial charge in [-0.05, 0) is 234 Å². The van der Waals surface area contributed by atoms with E-state index >= 15 is 0 Å². The summed E-state index contributed by atoms with van der Waals surface area (Å²) in [6, 6.07) is 177. The van der Waals surface area contributed by atoms with Crippen LogP contribution in [0.2, 0.25) is 0 Å². The van der Waals surface area contributed by atoms with Crippen molar-refractivity contribution < 1.29 is 0 Å². The van der Waals surface area contributed by atoms with E-state index in [-0.39, 0.29) is 0 Å². The summed E-state index contributed by atoms with van der Waals surface area (Å²) in [5.74, 6) is 0. The average Bonchev–Trinajstić information content (AvgIpc) is 1.25. The Bertz CT molecular complexity index is 10100. The predicted molar refractivity (Wildman–Crippen MR) is 599 cm³/mol. The molecule has 19 aromatic carbocycles. The van der Waals surface area contributed by atoms with Gasteiger partial charge in [0.2, 0.25) is 0 Å². The molecule has 0 saturated carbocycles. The number of nitriles is 3. The van der Waals surface area contributed by atoms with Crippen molar-refractivity contribution in [2.75, 3.05) is 0 Å². The Balaban J connectivity index is 0.000000110. The van der Waals surface area contributed by atoms with E-state index in [1.54, 1.807) is 0 Å². The second-order valence-electron chi connectivity index (χ2n) is 36.2. The first-order chi connectivity index (χ1) is 71.2. The molecule has 10 nitrogen and oxygen atoms in total. The first-order valence-corrected chi connectivity index (χ1v) is 49.6. The fraction of sp³-hybridized carbons (Fsp3) is 0. The average molecular weight is 1870 g/mol. The van der Waals surface area contributed by atoms with Crippen LogP contribution in [0, 0.1) is 34.0 Å². The Morgan fingerprint density at radius 3 is 0.903 bits per heavy atom. The van der Waals surface area contributed by atoms with Gasteiger partial charge in [0.25, 0.3) is 0 Å². The van der Waals surface area contributed by atoms with Crippen LogP contribution in [-0.2, 0) is 0 Å². The molecule has 144 heavy (non-hydrogen) atoms. The van der Waals surface area contributed by atoms with E-state index in [0.717, 1.165) is 151 Å². The Labute approximate surface area is 836 Å². The van der Waals surface area contributed by atoms with Gasteiger partial charge >= 0.3 is 0 Å². The summed E-state index contributed by atoms with van der Waals surface area (Å²) in [7, 11) is 0. The molecule has 28 rings (SSSR count). The molecule has 0 bridgehead atoms. The zero-order chi connectivity index (χ0) is 95.8. The molecule has 0 amide bonds. The summed E-state index contributed by atoms with van der Waals surface area (Å²) in [6.45, 7) is 0. The highest BCUT2D eigenvalue weighted by Crippen LogP contribution is 2.48. The van der Waals surface area contributed by atoms with E-state index in [2.05, 4.69) is 413 Å². The zero-order valence-corrected chi connectivity index (χ0v) is 79.1. The quantitative estimate of drug-likeness (QED) is 0.113. The summed E-state index contributed by atoms with van der Waals surface area (Å²) < 4.78 is 14.7. The highest BCUT2D eigenvalue weighted by molar-refractivity contribution is 7.27. The third-order valence-corrected chi connectivity index (χ3v) is 30.0. The minimum Gasteiger partial charge on any atom is -0.309 e. The van der Waals surface area contributed by atoms with Crippen LogP contribution in [0.15, 0.2) is 485 Å². The van der Waals surface area contributed by atoms with Crippen molar-refractivity contribution >= 4 is 150 Å². The van der Waals surface area contributed by atoms with Crippen molar-refractivity contribution in [3.05, 3.63) is 502 Å². The van der Waals surface area contributed by atoms with E-state index in [1.165, 1.54) is 100.0 Å². The number of benzene rings is 19. The number of hydrogen-bond donors (Lipinski definition) is 0. The van der Waals surface area contributed by atoms with Gasteiger partial charge in [-0.3, -0.25) is 0 Å². The van der Waals surface area contributed by atoms with Gasteiger partial charge in [0.05, 0.1) is 118 Å². The van der Waals surface area contributed by atoms with E-state index in [4.69, 9.17) is 15.0 Å². The van der Waals surface area contributed by atoms with Crippen LogP contribution in [0.4, 0.5) is 0 Å². The summed E-state index contributed by atoms with van der Waals surface area (Å²) in [5, 5.41) is 44.1. The van der Waals surface area contributed by atoms with E-state index in [0.29, 0.717) is 16.7 Å². The van der Waals surface area contributed by atoms with Crippen molar-refractivity contribution in [2.24, 2.45) is 0 Å². The second kappa shape index (κ2) is 35.9. The monoisotopic (exact) mass is 1870 g/mol. The van der Waals surface area contributed by atoms with Crippen LogP contribution < -0.4 is 0 Å². The Kier molecular flexibility index (Phi) is 21.3. The molecule has 0 saturated heterocycles. The number of nitrogens with zero attached hydrogens (tertiary/aromatic N) is 10. The van der Waals surface area contributed by atoms with Crippen molar-refractivity contribution in [3.8, 4) is 142 Å². The molecule has 12 heteroatoms. The third-order valence-electron chi connectivity index (χ3n) is 27.7. The smallest absolute Gasteiger partial charge is 0.0991 e. The number of pyridine rings is 3. The normalized spacial score (nSPS) is 11.5. The van der Waals surface area contributed by atoms with Crippen molar-refractivity contribution in [3.63, 3.8) is 0 Å². The van der Waals surface area contributed by atoms with Gasteiger partial charge in [-0.2, -0.15) is 15.8 Å². The number of fused-ring (bicyclic) bond motifs is 19. The van der Waals surface area contributed by atoms with Gasteiger partial charge in [-0.1, -0.05) is 285 Å². The molecular formula is C132H80N10S2. The summed E-state index contributed by atoms with van der Waals surface area (Å²) in [4.78, 5) is 15.4. The molecule has 9 heterocycles. The predicted octanol–water partition coefficient (Wildman–Crippen LogP) is 35.0. The molecule has 0 spiro atoms. The molecule has 670 valence electrons. The Hall–Kier alpha value is -19.3. The minimum atomic E-state index is 0.628. The fourth-order valence-corrected chi connectivity index (χ4v) is 23.5. The standard InChI is InChI=1S/C48H30N4.2C42H25N3S/c49-31-32-12-10-15-34(26-32)35-27-36(44-20-11-19-43(50-44)33-13-2-1-3-14-33)29-38(28-35)52-47-23-9-6-18-41(47)42-30-37(24-25-48(42)52)51-45-21-7-4-16-39(45)40-17-5-8-22-46(40)51;43-26-27-10-8-13-29(20-27)30-21-31(38-17-9-16-37(44-38)28-11-2-1-3-12-28)23-32(22-30)45-39-18-6-4-14-33(39)35-25-42-36(24-40(35)45)34-15-5-7-19-41(34)46-42;43-26-27-10-8-13-29(22-27)30-23-31(38-17-9-16-37(44-38)28-11-2-1-3-12-28)25-32(24-30)45-39-18-6-4-14-33(39)35-20-21-36-34-15-5-7-19-40(34)46-42(36)41(35)45/h1-30H;2*1-25H. The van der Waals surface area contributed by atoms with E-state index < -0.39 is 0 Å². The molecule has 28 aromatic rings. The van der Waals surface area contributed by atoms with Crippen molar-refractivity contribution in [1.29, 1.82) is 15.8 Å². The lowest BCUT2D eigenvalue weighted by Crippen LogP contribution is -1.98. The molecule has 0 fully saturated rings. The highest BCUT2D eigenvalue weighted by Gasteiger charge is 2.25. The molecule has 0 aliphatic carbocycles. The lowest BCUT2D eigenvalue weighted by Gasteiger charge is -2.15. The summed E-state index contributed by atoms with van der Waals surface area (Å²) in [5.41, 5.74) is 33.2. The first-order valence-electron chi connectivity index (χ1n) is 48.0. The Morgan fingerprint density at radius 1 is 0.167 bits per heavy atom. The van der Waals surface area contributed by atoms with Crippen LogP contribution in [-0.4, -0.2) is 33.2 Å². The molecule has 0 unspecified atom stereocenters. The Morgan fingerprint density at radius 2 is 0.472 bits per heavy atom. The molecular weight excluding hydrogens is 1790 g/mol. The van der Waals surface area contributed by atoms with Crippen LogP contribution >= 0.6 is 22.7 Å². The maximum atomic E-state index is 9.76. The first kappa shape index (κ1) is 85.2. The number of para-hydroxylation sites is 5. The summed E-state index contributed by atoms with van der Waals surface area (Å²) in [6.07, 6.45) is 0. The molecule has 0 N–H and O–H groups in total. The van der Waals surface area contributed by atoms with Gasteiger partial charge in [-0.15, -0.1) is 22.7 Å². The van der Waals surface area contributed by atoms with Crippen LogP contribution in [0.1, 0.15) is 16.7 Å². The molecule has 0 atom stereocenters. The highest BCUT2D eigenvalue weighted by atomic mass is 32.1. The minimum absolute atomic E-state index is 0.628. The summed E-state index contributed by atoms with van der Waals surface area (Å²) >= 11 is 3.70. The van der Waals surface area contributed by atoms with Crippen LogP contribution in [0.25, 0.3) is 251 Å². The van der Waals surface area contributed by atoms with Gasteiger partial charge in [0.15, 0.2) is 0 Å². The fourth-order valence-electron chi connectivity index (χ4n) is 21.1. The number of aromatic nitrogens is 7. The van der Waals surface area contributed by atoms with Crippen molar-refractivity contribution in [1.82, 2.24) is 33.2 Å². The third kappa shape index (κ3) is 15.2. The lowest BCUT2D eigenvalue weighted by molar-refractivity contribution is 1.16. The maximum Gasteiger partial charge on any atom is 0.0991 e. The van der Waals surface area contributed by atoms with Gasteiger partial charge in [0, 0.05) is 135 Å². The molecule has 9 aromatic heterocycles. The lowest BCUT2D eigenvalue weighted by atomic mass is 9.98. The number of rotatable bonds is 13. The zero-order valence-electron chi connectivity index (χ0n) is 77.5. The molecule has 0 radical (unpaired) electrons. The van der Waals surface area contributed by atoms with Gasteiger partial charge in [-0.25, -0.2) is 15.0 Å². The topological polar surface area (TPSA) is 130 Å². The van der Waals surface area contributed by atoms with E-state index in [1.807, 2.05) is 132 Å². The second-order valence-corrected chi connectivity index (χ2v) is 38.4. The van der Waals surface area contributed by atoms with Gasteiger partial charge in [0.1, 0.15) is 0 Å². The molecule has 0 aliphatic rings. The van der Waals surface area contributed by atoms with Crippen molar-refractivity contribution in [2.45, 2.75) is 0 Å². The molecule has 0 aliphatic heterocycles. The van der Waals surface area contributed by atoms with E-state index in [9.17, 15) is 15.8 Å². The maximum absolute atomic E-state index is 9.76. The number of hydrogen-bond acceptors (Lipinski definition) is 8.